The lowest BCUT2D eigenvalue weighted by molar-refractivity contribution is 0.00820. The van der Waals surface area contributed by atoms with Crippen molar-refractivity contribution in [3.63, 3.8) is 0 Å². The van der Waals surface area contributed by atoms with E-state index in [1.807, 2.05) is 0 Å². The molecule has 2 aromatic carbocycles. The minimum absolute atomic E-state index is 0.123. The van der Waals surface area contributed by atoms with Crippen LogP contribution in [0.25, 0.3) is 0 Å². The van der Waals surface area contributed by atoms with Crippen molar-refractivity contribution in [3.8, 4) is 0 Å². The van der Waals surface area contributed by atoms with Gasteiger partial charge >= 0.3 is 0 Å². The van der Waals surface area contributed by atoms with Crippen LogP contribution in [0.4, 0.5) is 0 Å². The lowest BCUT2D eigenvalue weighted by Crippen LogP contribution is -2.42. The van der Waals surface area contributed by atoms with Crippen LogP contribution >= 0.6 is 0 Å². The Bertz CT molecular complexity index is 642. The van der Waals surface area contributed by atoms with E-state index in [-0.39, 0.29) is 5.92 Å². The number of aliphatic hydroxyl groups is 1. The van der Waals surface area contributed by atoms with Crippen molar-refractivity contribution in [2.75, 3.05) is 19.6 Å². The van der Waals surface area contributed by atoms with Crippen molar-refractivity contribution in [2.45, 2.75) is 39.2 Å². The number of hydrogen-bond donors (Lipinski definition) is 1. The van der Waals surface area contributed by atoms with Crippen LogP contribution in [-0.2, 0) is 18.4 Å². The number of rotatable bonds is 5. The standard InChI is InChI=1S/C22H29NO/c1-4-23(5-2)16-17(3)22(24)20-12-8-6-10-18(20)14-15-19-11-7-9-13-21(19)22/h6-13,17,24H,4-5,14-16H2,1-3H3. The zero-order valence-corrected chi connectivity index (χ0v) is 15.1. The van der Waals surface area contributed by atoms with Crippen molar-refractivity contribution in [1.82, 2.24) is 4.90 Å². The summed E-state index contributed by atoms with van der Waals surface area (Å²) >= 11 is 0. The summed E-state index contributed by atoms with van der Waals surface area (Å²) in [5, 5.41) is 12.0. The molecule has 0 fully saturated rings. The highest BCUT2D eigenvalue weighted by atomic mass is 16.3. The van der Waals surface area contributed by atoms with E-state index in [2.05, 4.69) is 74.2 Å². The van der Waals surface area contributed by atoms with Crippen molar-refractivity contribution >= 4 is 0 Å². The van der Waals surface area contributed by atoms with Gasteiger partial charge in [-0.15, -0.1) is 0 Å². The molecule has 0 radical (unpaired) electrons. The van der Waals surface area contributed by atoms with E-state index in [0.29, 0.717) is 0 Å². The van der Waals surface area contributed by atoms with E-state index in [0.717, 1.165) is 43.6 Å². The summed E-state index contributed by atoms with van der Waals surface area (Å²) in [6.45, 7) is 9.49. The second kappa shape index (κ2) is 7.08. The molecule has 2 nitrogen and oxygen atoms in total. The first-order valence-electron chi connectivity index (χ1n) is 9.22. The molecular weight excluding hydrogens is 294 g/mol. The second-order valence-electron chi connectivity index (χ2n) is 6.97. The fraction of sp³-hybridized carbons (Fsp3) is 0.455. The average Bonchev–Trinajstić information content (AvgIpc) is 2.76. The normalized spacial score (nSPS) is 17.0. The van der Waals surface area contributed by atoms with Gasteiger partial charge < -0.3 is 10.0 Å². The highest BCUT2D eigenvalue weighted by Crippen LogP contribution is 2.43. The van der Waals surface area contributed by atoms with Gasteiger partial charge in [0.05, 0.1) is 0 Å². The topological polar surface area (TPSA) is 23.5 Å². The molecule has 24 heavy (non-hydrogen) atoms. The molecule has 0 aliphatic heterocycles. The summed E-state index contributed by atoms with van der Waals surface area (Å²) in [5.74, 6) is 0.123. The molecule has 1 N–H and O–H groups in total. The van der Waals surface area contributed by atoms with Crippen LogP contribution in [-0.4, -0.2) is 29.6 Å². The minimum Gasteiger partial charge on any atom is -0.380 e. The molecule has 3 rings (SSSR count). The lowest BCUT2D eigenvalue weighted by atomic mass is 9.74. The quantitative estimate of drug-likeness (QED) is 0.899. The predicted octanol–water partition coefficient (Wildman–Crippen LogP) is 4.00. The Balaban J connectivity index is 2.13. The maximum atomic E-state index is 12.0. The van der Waals surface area contributed by atoms with E-state index in [4.69, 9.17) is 0 Å². The summed E-state index contributed by atoms with van der Waals surface area (Å²) in [5.41, 5.74) is 3.82. The Morgan fingerprint density at radius 3 is 1.83 bits per heavy atom. The molecule has 0 bridgehead atoms. The van der Waals surface area contributed by atoms with Crippen LogP contribution in [0.15, 0.2) is 48.5 Å². The first-order chi connectivity index (χ1) is 11.6. The van der Waals surface area contributed by atoms with Crippen molar-refractivity contribution in [3.05, 3.63) is 70.8 Å². The maximum absolute atomic E-state index is 12.0. The first kappa shape index (κ1) is 17.2. The largest absolute Gasteiger partial charge is 0.380 e. The van der Waals surface area contributed by atoms with Crippen LogP contribution in [0.3, 0.4) is 0 Å². The van der Waals surface area contributed by atoms with E-state index in [9.17, 15) is 5.11 Å². The smallest absolute Gasteiger partial charge is 0.119 e. The molecule has 0 heterocycles. The summed E-state index contributed by atoms with van der Waals surface area (Å²) in [4.78, 5) is 2.40. The number of nitrogens with zero attached hydrogens (tertiary/aromatic N) is 1. The van der Waals surface area contributed by atoms with E-state index in [1.54, 1.807) is 0 Å². The number of fused-ring (bicyclic) bond motifs is 2. The molecule has 2 aromatic rings. The molecule has 1 atom stereocenters. The number of aryl methyl sites for hydroxylation is 2. The van der Waals surface area contributed by atoms with Crippen molar-refractivity contribution in [2.24, 2.45) is 5.92 Å². The van der Waals surface area contributed by atoms with Crippen LogP contribution in [0.2, 0.25) is 0 Å². The van der Waals surface area contributed by atoms with E-state index >= 15 is 0 Å². The number of benzene rings is 2. The van der Waals surface area contributed by atoms with Gasteiger partial charge in [-0.1, -0.05) is 69.3 Å². The van der Waals surface area contributed by atoms with Crippen molar-refractivity contribution in [1.29, 1.82) is 0 Å². The average molecular weight is 323 g/mol. The molecule has 0 spiro atoms. The Morgan fingerprint density at radius 1 is 0.917 bits per heavy atom. The van der Waals surface area contributed by atoms with Gasteiger partial charge in [-0.3, -0.25) is 0 Å². The maximum Gasteiger partial charge on any atom is 0.119 e. The van der Waals surface area contributed by atoms with Crippen molar-refractivity contribution < 1.29 is 5.11 Å². The SMILES string of the molecule is CCN(CC)CC(C)C1(O)c2ccccc2CCc2ccccc21. The highest BCUT2D eigenvalue weighted by Gasteiger charge is 2.42. The highest BCUT2D eigenvalue weighted by molar-refractivity contribution is 5.48. The molecule has 1 aliphatic rings. The Morgan fingerprint density at radius 2 is 1.38 bits per heavy atom. The molecule has 0 saturated carbocycles. The van der Waals surface area contributed by atoms with Gasteiger partial charge in [0.2, 0.25) is 0 Å². The second-order valence-corrected chi connectivity index (χ2v) is 6.97. The van der Waals surface area contributed by atoms with Gasteiger partial charge in [0.25, 0.3) is 0 Å². The summed E-state index contributed by atoms with van der Waals surface area (Å²) in [6.07, 6.45) is 1.99. The van der Waals surface area contributed by atoms with Crippen LogP contribution in [0.5, 0.6) is 0 Å². The fourth-order valence-corrected chi connectivity index (χ4v) is 4.17. The lowest BCUT2D eigenvalue weighted by Gasteiger charge is -2.39. The third-order valence-electron chi connectivity index (χ3n) is 5.66. The third kappa shape index (κ3) is 2.89. The molecule has 1 unspecified atom stereocenters. The molecule has 0 aromatic heterocycles. The van der Waals surface area contributed by atoms with Gasteiger partial charge in [-0.25, -0.2) is 0 Å². The summed E-state index contributed by atoms with van der Waals surface area (Å²) in [6, 6.07) is 16.9. The van der Waals surface area contributed by atoms with Crippen LogP contribution in [0.1, 0.15) is 43.0 Å². The molecule has 2 heteroatoms. The van der Waals surface area contributed by atoms with Crippen LogP contribution in [0, 0.1) is 5.92 Å². The zero-order valence-electron chi connectivity index (χ0n) is 15.1. The Kier molecular flexibility index (Phi) is 5.07. The number of hydrogen-bond acceptors (Lipinski definition) is 2. The molecule has 1 aliphatic carbocycles. The molecule has 0 saturated heterocycles. The molecule has 0 amide bonds. The third-order valence-corrected chi connectivity index (χ3v) is 5.66. The monoisotopic (exact) mass is 323 g/mol. The zero-order chi connectivity index (χ0) is 17.2. The minimum atomic E-state index is -0.924. The predicted molar refractivity (Wildman–Crippen MR) is 100 cm³/mol. The van der Waals surface area contributed by atoms with Gasteiger partial charge in [0.1, 0.15) is 5.60 Å². The van der Waals surface area contributed by atoms with E-state index < -0.39 is 5.60 Å². The van der Waals surface area contributed by atoms with Gasteiger partial charge in [0, 0.05) is 12.5 Å². The summed E-state index contributed by atoms with van der Waals surface area (Å²) < 4.78 is 0. The van der Waals surface area contributed by atoms with Gasteiger partial charge in [-0.05, 0) is 48.2 Å². The first-order valence-corrected chi connectivity index (χ1v) is 9.22. The Hall–Kier alpha value is -1.64. The fourth-order valence-electron chi connectivity index (χ4n) is 4.17. The van der Waals surface area contributed by atoms with E-state index in [1.165, 1.54) is 11.1 Å². The van der Waals surface area contributed by atoms with Gasteiger partial charge in [0.15, 0.2) is 0 Å². The van der Waals surface area contributed by atoms with Gasteiger partial charge in [-0.2, -0.15) is 0 Å². The van der Waals surface area contributed by atoms with Crippen LogP contribution < -0.4 is 0 Å². The molecule has 128 valence electrons. The summed E-state index contributed by atoms with van der Waals surface area (Å²) in [7, 11) is 0. The molecular formula is C22H29NO. The Labute approximate surface area is 146 Å².